The van der Waals surface area contributed by atoms with Crippen LogP contribution in [0.25, 0.3) is 11.5 Å². The van der Waals surface area contributed by atoms with E-state index in [9.17, 15) is 0 Å². The van der Waals surface area contributed by atoms with Gasteiger partial charge in [-0.1, -0.05) is 12.1 Å². The summed E-state index contributed by atoms with van der Waals surface area (Å²) in [4.78, 5) is 22.3. The van der Waals surface area contributed by atoms with Crippen molar-refractivity contribution in [3.63, 3.8) is 0 Å². The third-order valence-electron chi connectivity index (χ3n) is 5.11. The quantitative estimate of drug-likeness (QED) is 0.458. The van der Waals surface area contributed by atoms with Gasteiger partial charge in [0.05, 0.1) is 0 Å². The minimum atomic E-state index is 0.210. The molecule has 1 unspecified atom stereocenters. The van der Waals surface area contributed by atoms with Gasteiger partial charge in [-0.2, -0.15) is 4.98 Å². The molecule has 0 bridgehead atoms. The number of fused-ring (bicyclic) bond motifs is 1. The summed E-state index contributed by atoms with van der Waals surface area (Å²) < 4.78 is 0. The molecule has 1 atom stereocenters. The van der Waals surface area contributed by atoms with Gasteiger partial charge in [0, 0.05) is 29.8 Å². The molecule has 3 heterocycles. The normalized spacial score (nSPS) is 14.8. The van der Waals surface area contributed by atoms with Crippen molar-refractivity contribution in [2.45, 2.75) is 25.8 Å². The molecular formula is C23H22N8. The highest BCUT2D eigenvalue weighted by Gasteiger charge is 2.18. The van der Waals surface area contributed by atoms with Gasteiger partial charge in [0.15, 0.2) is 5.82 Å². The molecule has 3 aromatic heterocycles. The molecule has 4 N–H and O–H groups in total. The third-order valence-corrected chi connectivity index (χ3v) is 5.11. The first-order chi connectivity index (χ1) is 15.1. The fraction of sp³-hybridized carbons (Fsp3) is 0.174. The summed E-state index contributed by atoms with van der Waals surface area (Å²) in [5.41, 5.74) is 11.3. The molecule has 1 aliphatic carbocycles. The molecule has 8 nitrogen and oxygen atoms in total. The summed E-state index contributed by atoms with van der Waals surface area (Å²) in [5, 5.41) is 6.49. The minimum Gasteiger partial charge on any atom is -0.327 e. The van der Waals surface area contributed by atoms with E-state index in [-0.39, 0.29) is 6.04 Å². The van der Waals surface area contributed by atoms with Crippen molar-refractivity contribution in [3.05, 3.63) is 77.7 Å². The zero-order valence-corrected chi connectivity index (χ0v) is 17.1. The Morgan fingerprint density at radius 2 is 1.65 bits per heavy atom. The van der Waals surface area contributed by atoms with E-state index in [1.807, 2.05) is 31.2 Å². The first-order valence-corrected chi connectivity index (χ1v) is 10.1. The standard InChI is InChI=1S/C23H22N8/c1-14-3-2-4-19(27-14)22-25-9-7-20(30-22)29-21-8-10-26-23(31-21)28-18-6-5-15-11-17(24)12-16(15)13-18/h2-10,13,17H,11-12,24H2,1H3,(H2,25,26,28,29,30,31). The van der Waals surface area contributed by atoms with Crippen LogP contribution >= 0.6 is 0 Å². The summed E-state index contributed by atoms with van der Waals surface area (Å²) in [6.45, 7) is 1.94. The Labute approximate surface area is 180 Å². The average molecular weight is 410 g/mol. The highest BCUT2D eigenvalue weighted by Crippen LogP contribution is 2.26. The SMILES string of the molecule is Cc1cccc(-c2nccc(Nc3ccnc(Nc4ccc5c(c4)CC(N)C5)n3)n2)n1. The van der Waals surface area contributed by atoms with Gasteiger partial charge in [-0.25, -0.2) is 19.9 Å². The van der Waals surface area contributed by atoms with Crippen LogP contribution in [0.1, 0.15) is 16.8 Å². The van der Waals surface area contributed by atoms with E-state index < -0.39 is 0 Å². The van der Waals surface area contributed by atoms with Crippen molar-refractivity contribution in [2.75, 3.05) is 10.6 Å². The van der Waals surface area contributed by atoms with Crippen LogP contribution in [0.5, 0.6) is 0 Å². The molecular weight excluding hydrogens is 388 g/mol. The Morgan fingerprint density at radius 3 is 2.52 bits per heavy atom. The van der Waals surface area contributed by atoms with Crippen LogP contribution in [0, 0.1) is 6.92 Å². The predicted octanol–water partition coefficient (Wildman–Crippen LogP) is 3.55. The van der Waals surface area contributed by atoms with Crippen molar-refractivity contribution in [2.24, 2.45) is 5.73 Å². The lowest BCUT2D eigenvalue weighted by Crippen LogP contribution is -2.18. The molecule has 8 heteroatoms. The van der Waals surface area contributed by atoms with Gasteiger partial charge in [-0.15, -0.1) is 0 Å². The Morgan fingerprint density at radius 1 is 0.839 bits per heavy atom. The third kappa shape index (κ3) is 4.34. The molecule has 5 rings (SSSR count). The van der Waals surface area contributed by atoms with Crippen LogP contribution in [-0.4, -0.2) is 31.0 Å². The monoisotopic (exact) mass is 410 g/mol. The van der Waals surface area contributed by atoms with Crippen molar-refractivity contribution in [1.82, 2.24) is 24.9 Å². The van der Waals surface area contributed by atoms with Crippen molar-refractivity contribution < 1.29 is 0 Å². The van der Waals surface area contributed by atoms with Gasteiger partial charge in [-0.3, -0.25) is 0 Å². The van der Waals surface area contributed by atoms with Crippen LogP contribution in [-0.2, 0) is 12.8 Å². The van der Waals surface area contributed by atoms with Gasteiger partial charge in [-0.05, 0) is 67.3 Å². The summed E-state index contributed by atoms with van der Waals surface area (Å²) in [5.74, 6) is 2.31. The van der Waals surface area contributed by atoms with Crippen LogP contribution in [0.15, 0.2) is 60.9 Å². The van der Waals surface area contributed by atoms with Crippen molar-refractivity contribution >= 4 is 23.3 Å². The molecule has 1 aromatic carbocycles. The Kier molecular flexibility index (Phi) is 4.97. The van der Waals surface area contributed by atoms with E-state index in [1.54, 1.807) is 24.5 Å². The Hall–Kier alpha value is -3.91. The number of nitrogens with zero attached hydrogens (tertiary/aromatic N) is 5. The van der Waals surface area contributed by atoms with Crippen molar-refractivity contribution in [1.29, 1.82) is 0 Å². The average Bonchev–Trinajstić information content (AvgIpc) is 3.13. The van der Waals surface area contributed by atoms with E-state index in [0.29, 0.717) is 23.4 Å². The van der Waals surface area contributed by atoms with E-state index in [0.717, 1.165) is 29.9 Å². The summed E-state index contributed by atoms with van der Waals surface area (Å²) in [7, 11) is 0. The fourth-order valence-corrected chi connectivity index (χ4v) is 3.70. The summed E-state index contributed by atoms with van der Waals surface area (Å²) >= 11 is 0. The Balaban J connectivity index is 1.33. The van der Waals surface area contributed by atoms with Gasteiger partial charge < -0.3 is 16.4 Å². The molecule has 0 radical (unpaired) electrons. The smallest absolute Gasteiger partial charge is 0.229 e. The lowest BCUT2D eigenvalue weighted by molar-refractivity contribution is 0.721. The molecule has 0 spiro atoms. The molecule has 154 valence electrons. The van der Waals surface area contributed by atoms with Gasteiger partial charge >= 0.3 is 0 Å². The second-order valence-electron chi connectivity index (χ2n) is 7.60. The maximum absolute atomic E-state index is 6.07. The minimum absolute atomic E-state index is 0.210. The van der Waals surface area contributed by atoms with Crippen LogP contribution < -0.4 is 16.4 Å². The number of anilines is 4. The number of benzene rings is 1. The molecule has 0 amide bonds. The summed E-state index contributed by atoms with van der Waals surface area (Å²) in [6.07, 6.45) is 5.24. The predicted molar refractivity (Wildman–Crippen MR) is 120 cm³/mol. The molecule has 0 saturated heterocycles. The fourth-order valence-electron chi connectivity index (χ4n) is 3.70. The van der Waals surface area contributed by atoms with E-state index in [4.69, 9.17) is 5.73 Å². The Bertz CT molecular complexity index is 1240. The number of aryl methyl sites for hydroxylation is 1. The second-order valence-corrected chi connectivity index (χ2v) is 7.60. The first-order valence-electron chi connectivity index (χ1n) is 10.1. The molecule has 1 aliphatic rings. The zero-order chi connectivity index (χ0) is 21.2. The number of hydrogen-bond acceptors (Lipinski definition) is 8. The first kappa shape index (κ1) is 19.1. The number of nitrogens with one attached hydrogen (secondary N) is 2. The number of nitrogens with two attached hydrogens (primary N) is 1. The van der Waals surface area contributed by atoms with Gasteiger partial charge in [0.1, 0.15) is 17.3 Å². The maximum Gasteiger partial charge on any atom is 0.229 e. The van der Waals surface area contributed by atoms with E-state index in [1.165, 1.54) is 11.1 Å². The molecule has 0 saturated carbocycles. The lowest BCUT2D eigenvalue weighted by atomic mass is 10.1. The molecule has 4 aromatic rings. The lowest BCUT2D eigenvalue weighted by Gasteiger charge is -2.10. The topological polar surface area (TPSA) is 115 Å². The highest BCUT2D eigenvalue weighted by molar-refractivity contribution is 5.60. The maximum atomic E-state index is 6.07. The number of aromatic nitrogens is 5. The zero-order valence-electron chi connectivity index (χ0n) is 17.1. The number of hydrogen-bond donors (Lipinski definition) is 3. The van der Waals surface area contributed by atoms with Crippen LogP contribution in [0.4, 0.5) is 23.3 Å². The number of rotatable bonds is 5. The number of pyridine rings is 1. The van der Waals surface area contributed by atoms with Gasteiger partial charge in [0.2, 0.25) is 5.95 Å². The van der Waals surface area contributed by atoms with Crippen molar-refractivity contribution in [3.8, 4) is 11.5 Å². The largest absolute Gasteiger partial charge is 0.327 e. The van der Waals surface area contributed by atoms with Crippen LogP contribution in [0.2, 0.25) is 0 Å². The van der Waals surface area contributed by atoms with E-state index >= 15 is 0 Å². The summed E-state index contributed by atoms with van der Waals surface area (Å²) in [6, 6.07) is 15.8. The van der Waals surface area contributed by atoms with Gasteiger partial charge in [0.25, 0.3) is 0 Å². The van der Waals surface area contributed by atoms with Crippen LogP contribution in [0.3, 0.4) is 0 Å². The highest BCUT2D eigenvalue weighted by atomic mass is 15.2. The second kappa shape index (κ2) is 8.08. The van der Waals surface area contributed by atoms with E-state index in [2.05, 4.69) is 47.7 Å². The molecule has 0 aliphatic heterocycles. The molecule has 0 fully saturated rings. The molecule has 31 heavy (non-hydrogen) atoms.